The van der Waals surface area contributed by atoms with Crippen LogP contribution in [0.15, 0.2) is 0 Å². The first-order valence-electron chi connectivity index (χ1n) is 17.5. The van der Waals surface area contributed by atoms with Gasteiger partial charge in [0.15, 0.2) is 0 Å². The van der Waals surface area contributed by atoms with Crippen LogP contribution in [0.5, 0.6) is 0 Å². The van der Waals surface area contributed by atoms with Crippen LogP contribution in [-0.2, 0) is 14.4 Å². The molecule has 3 amide bonds. The third kappa shape index (κ3) is 13.1. The van der Waals surface area contributed by atoms with E-state index in [-0.39, 0.29) is 17.7 Å². The van der Waals surface area contributed by atoms with E-state index < -0.39 is 0 Å². The van der Waals surface area contributed by atoms with E-state index in [2.05, 4.69) is 50.2 Å². The Morgan fingerprint density at radius 2 is 0.578 bits per heavy atom. The van der Waals surface area contributed by atoms with Crippen LogP contribution in [0.1, 0.15) is 77.0 Å². The molecule has 0 spiro atoms. The van der Waals surface area contributed by atoms with Crippen LogP contribution in [0.4, 0.5) is 0 Å². The van der Waals surface area contributed by atoms with Gasteiger partial charge in [0.2, 0.25) is 17.7 Å². The Hall–Kier alpha value is -3.03. The maximum absolute atomic E-state index is 11.3. The molecule has 0 aromatic rings. The summed E-state index contributed by atoms with van der Waals surface area (Å²) in [6.45, 7) is 14.4. The number of carbonyl (C=O) groups is 3. The van der Waals surface area contributed by atoms with Crippen molar-refractivity contribution in [2.75, 3.05) is 98.2 Å². The van der Waals surface area contributed by atoms with E-state index in [1.165, 1.54) is 77.8 Å². The standard InChI is InChI=1S/3C12H18N2O/c3*15-12-6-5-11-14(12)10-4-3-9-13-7-1-2-8-13/h3*1-2,5-11H2. The number of rotatable bonds is 6. The molecule has 0 saturated carbocycles. The summed E-state index contributed by atoms with van der Waals surface area (Å²) >= 11 is 0. The largest absolute Gasteiger partial charge is 0.332 e. The fourth-order valence-corrected chi connectivity index (χ4v) is 6.39. The third-order valence-corrected chi connectivity index (χ3v) is 9.20. The van der Waals surface area contributed by atoms with Crippen molar-refractivity contribution in [3.8, 4) is 35.5 Å². The van der Waals surface area contributed by atoms with E-state index in [1.54, 1.807) is 0 Å². The summed E-state index contributed by atoms with van der Waals surface area (Å²) < 4.78 is 0. The maximum atomic E-state index is 11.3. The van der Waals surface area contributed by atoms with E-state index in [4.69, 9.17) is 0 Å². The normalized spacial score (nSPS) is 21.9. The number of nitrogens with zero attached hydrogens (tertiary/aromatic N) is 6. The lowest BCUT2D eigenvalue weighted by atomic mass is 10.4. The Morgan fingerprint density at radius 1 is 0.333 bits per heavy atom. The second kappa shape index (κ2) is 20.2. The third-order valence-electron chi connectivity index (χ3n) is 9.20. The van der Waals surface area contributed by atoms with Crippen LogP contribution in [0.2, 0.25) is 0 Å². The van der Waals surface area contributed by atoms with Crippen molar-refractivity contribution in [1.82, 2.24) is 29.4 Å². The Labute approximate surface area is 272 Å². The molecule has 6 heterocycles. The average molecular weight is 619 g/mol. The molecule has 6 rings (SSSR count). The second-order valence-corrected chi connectivity index (χ2v) is 12.8. The fraction of sp³-hybridized carbons (Fsp3) is 0.750. The molecule has 0 N–H and O–H groups in total. The highest BCUT2D eigenvalue weighted by Gasteiger charge is 2.20. The predicted octanol–water partition coefficient (Wildman–Crippen LogP) is 2.12. The highest BCUT2D eigenvalue weighted by molar-refractivity contribution is 5.79. The highest BCUT2D eigenvalue weighted by Crippen LogP contribution is 2.10. The molecule has 0 aliphatic carbocycles. The van der Waals surface area contributed by atoms with Crippen molar-refractivity contribution in [3.05, 3.63) is 0 Å². The quantitative estimate of drug-likeness (QED) is 0.425. The predicted molar refractivity (Wildman–Crippen MR) is 178 cm³/mol. The van der Waals surface area contributed by atoms with Crippen LogP contribution in [0, 0.1) is 35.5 Å². The van der Waals surface area contributed by atoms with Crippen LogP contribution in [-0.4, -0.2) is 145 Å². The van der Waals surface area contributed by atoms with Crippen LogP contribution in [0.3, 0.4) is 0 Å². The van der Waals surface area contributed by atoms with Crippen molar-refractivity contribution < 1.29 is 14.4 Å². The molecule has 246 valence electrons. The summed E-state index contributed by atoms with van der Waals surface area (Å²) in [4.78, 5) is 46.5. The number of likely N-dealkylation sites (tertiary alicyclic amines) is 6. The summed E-state index contributed by atoms with van der Waals surface area (Å²) in [6.07, 6.45) is 13.0. The lowest BCUT2D eigenvalue weighted by molar-refractivity contribution is -0.127. The van der Waals surface area contributed by atoms with E-state index in [9.17, 15) is 14.4 Å². The Kier molecular flexibility index (Phi) is 15.6. The van der Waals surface area contributed by atoms with E-state index in [1.807, 2.05) is 14.7 Å². The Bertz CT molecular complexity index is 994. The first-order chi connectivity index (χ1) is 22.1. The molecule has 45 heavy (non-hydrogen) atoms. The summed E-state index contributed by atoms with van der Waals surface area (Å²) in [5.41, 5.74) is 0. The molecule has 9 heteroatoms. The van der Waals surface area contributed by atoms with E-state index in [0.29, 0.717) is 38.9 Å². The van der Waals surface area contributed by atoms with Gasteiger partial charge in [-0.05, 0) is 97.1 Å². The van der Waals surface area contributed by atoms with Crippen molar-refractivity contribution in [1.29, 1.82) is 0 Å². The van der Waals surface area contributed by atoms with Gasteiger partial charge in [0.1, 0.15) is 0 Å². The number of hydrogen-bond acceptors (Lipinski definition) is 6. The molecular weight excluding hydrogens is 564 g/mol. The molecular formula is C36H54N6O3. The van der Waals surface area contributed by atoms with E-state index >= 15 is 0 Å². The lowest BCUT2D eigenvalue weighted by Crippen LogP contribution is -2.25. The lowest BCUT2D eigenvalue weighted by Gasteiger charge is -2.11. The van der Waals surface area contributed by atoms with Crippen LogP contribution in [0.25, 0.3) is 0 Å². The van der Waals surface area contributed by atoms with Gasteiger partial charge in [-0.1, -0.05) is 35.5 Å². The van der Waals surface area contributed by atoms with Crippen molar-refractivity contribution >= 4 is 17.7 Å². The zero-order valence-corrected chi connectivity index (χ0v) is 27.5. The minimum atomic E-state index is 0.269. The first kappa shape index (κ1) is 34.8. The zero-order valence-electron chi connectivity index (χ0n) is 27.5. The van der Waals surface area contributed by atoms with Gasteiger partial charge in [0.05, 0.1) is 39.3 Å². The maximum Gasteiger partial charge on any atom is 0.223 e. The second-order valence-electron chi connectivity index (χ2n) is 12.8. The number of carbonyl (C=O) groups excluding carboxylic acids is 3. The highest BCUT2D eigenvalue weighted by atomic mass is 16.2. The minimum absolute atomic E-state index is 0.269. The van der Waals surface area contributed by atoms with Gasteiger partial charge in [0.25, 0.3) is 0 Å². The van der Waals surface area contributed by atoms with Crippen molar-refractivity contribution in [2.24, 2.45) is 0 Å². The molecule has 6 saturated heterocycles. The van der Waals surface area contributed by atoms with Crippen LogP contribution < -0.4 is 0 Å². The molecule has 0 unspecified atom stereocenters. The molecule has 6 fully saturated rings. The SMILES string of the molecule is O=C1CCCN1CC#CCN1CCCC1.O=C1CCCN1CC#CCN1CCCC1.O=C1CCCN1CC#CCN1CCCC1. The smallest absolute Gasteiger partial charge is 0.223 e. The van der Waals surface area contributed by atoms with Gasteiger partial charge in [0, 0.05) is 38.9 Å². The van der Waals surface area contributed by atoms with Gasteiger partial charge in [-0.15, -0.1) is 0 Å². The summed E-state index contributed by atoms with van der Waals surface area (Å²) in [7, 11) is 0. The molecule has 0 aromatic carbocycles. The molecule has 0 aromatic heterocycles. The molecule has 6 aliphatic heterocycles. The summed E-state index contributed by atoms with van der Waals surface area (Å²) in [5, 5.41) is 0. The summed E-state index contributed by atoms with van der Waals surface area (Å²) in [6, 6.07) is 0. The number of amides is 3. The monoisotopic (exact) mass is 618 g/mol. The van der Waals surface area contributed by atoms with Crippen molar-refractivity contribution in [2.45, 2.75) is 77.0 Å². The number of hydrogen-bond donors (Lipinski definition) is 0. The first-order valence-corrected chi connectivity index (χ1v) is 17.5. The topological polar surface area (TPSA) is 70.7 Å². The molecule has 6 aliphatic rings. The van der Waals surface area contributed by atoms with E-state index in [0.717, 1.165) is 58.5 Å². The molecule has 0 bridgehead atoms. The van der Waals surface area contributed by atoms with Gasteiger partial charge in [-0.2, -0.15) is 0 Å². The molecule has 9 nitrogen and oxygen atoms in total. The van der Waals surface area contributed by atoms with Crippen molar-refractivity contribution in [3.63, 3.8) is 0 Å². The Balaban J connectivity index is 0.000000154. The van der Waals surface area contributed by atoms with Crippen LogP contribution >= 0.6 is 0 Å². The Morgan fingerprint density at radius 3 is 0.800 bits per heavy atom. The fourth-order valence-electron chi connectivity index (χ4n) is 6.39. The summed E-state index contributed by atoms with van der Waals surface area (Å²) in [5.74, 6) is 19.6. The zero-order chi connectivity index (χ0) is 31.5. The van der Waals surface area contributed by atoms with Gasteiger partial charge >= 0.3 is 0 Å². The van der Waals surface area contributed by atoms with Gasteiger partial charge in [-0.3, -0.25) is 29.1 Å². The van der Waals surface area contributed by atoms with Gasteiger partial charge in [-0.25, -0.2) is 0 Å². The molecule has 0 radical (unpaired) electrons. The van der Waals surface area contributed by atoms with Gasteiger partial charge < -0.3 is 14.7 Å². The molecule has 0 atom stereocenters. The minimum Gasteiger partial charge on any atom is -0.332 e. The average Bonchev–Trinajstić information content (AvgIpc) is 3.89.